The molecule has 24 heavy (non-hydrogen) atoms. The zero-order chi connectivity index (χ0) is 17.5. The number of nitrogens with zero attached hydrogens (tertiary/aromatic N) is 2. The molecule has 0 aliphatic heterocycles. The van der Waals surface area contributed by atoms with Crippen molar-refractivity contribution in [2.24, 2.45) is 0 Å². The van der Waals surface area contributed by atoms with Gasteiger partial charge in [0.25, 0.3) is 5.91 Å². The number of rotatable bonds is 6. The quantitative estimate of drug-likeness (QED) is 0.886. The van der Waals surface area contributed by atoms with Gasteiger partial charge in [0.2, 0.25) is 0 Å². The number of carbonyl (C=O) groups is 1. The summed E-state index contributed by atoms with van der Waals surface area (Å²) in [6.07, 6.45) is 0. The van der Waals surface area contributed by atoms with Gasteiger partial charge in [0.1, 0.15) is 12.4 Å². The molecule has 0 radical (unpaired) electrons. The smallest absolute Gasteiger partial charge is 0.253 e. The number of aliphatic hydroxyl groups is 1. The van der Waals surface area contributed by atoms with Gasteiger partial charge in [-0.25, -0.2) is 0 Å². The molecule has 5 heteroatoms. The summed E-state index contributed by atoms with van der Waals surface area (Å²) >= 11 is 0. The van der Waals surface area contributed by atoms with Crippen molar-refractivity contribution in [1.82, 2.24) is 4.90 Å². The maximum atomic E-state index is 12.3. The lowest BCUT2D eigenvalue weighted by Gasteiger charge is -2.23. The molecule has 0 spiro atoms. The number of hydrogen-bond acceptors (Lipinski definition) is 4. The van der Waals surface area contributed by atoms with Crippen molar-refractivity contribution >= 4 is 5.91 Å². The molecule has 124 valence electrons. The molecule has 0 fully saturated rings. The third kappa shape index (κ3) is 4.12. The largest absolute Gasteiger partial charge is 0.489 e. The lowest BCUT2D eigenvalue weighted by molar-refractivity contribution is 0.0682. The van der Waals surface area contributed by atoms with Gasteiger partial charge in [-0.3, -0.25) is 4.79 Å². The zero-order valence-corrected chi connectivity index (χ0v) is 13.8. The van der Waals surface area contributed by atoms with E-state index in [1.54, 1.807) is 44.3 Å². The fraction of sp³-hybridized carbons (Fsp3) is 0.263. The normalized spacial score (nSPS) is 11.4. The predicted octanol–water partition coefficient (Wildman–Crippen LogP) is 2.59. The van der Waals surface area contributed by atoms with Gasteiger partial charge in [0.15, 0.2) is 0 Å². The first-order valence-electron chi connectivity index (χ1n) is 7.65. The molecule has 0 aliphatic rings. The van der Waals surface area contributed by atoms with E-state index in [4.69, 9.17) is 15.1 Å². The summed E-state index contributed by atoms with van der Waals surface area (Å²) in [6, 6.07) is 16.0. The van der Waals surface area contributed by atoms with Gasteiger partial charge in [0, 0.05) is 18.2 Å². The van der Waals surface area contributed by atoms with E-state index in [0.717, 1.165) is 5.56 Å². The van der Waals surface area contributed by atoms with Crippen LogP contribution >= 0.6 is 0 Å². The monoisotopic (exact) mass is 324 g/mol. The Kier molecular flexibility index (Phi) is 5.94. The minimum Gasteiger partial charge on any atom is -0.489 e. The molecular formula is C19H20N2O3. The van der Waals surface area contributed by atoms with Crippen LogP contribution in [0.4, 0.5) is 0 Å². The third-order valence-corrected chi connectivity index (χ3v) is 3.88. The second-order valence-electron chi connectivity index (χ2n) is 5.53. The lowest BCUT2D eigenvalue weighted by atomic mass is 10.1. The van der Waals surface area contributed by atoms with Crippen molar-refractivity contribution in [2.75, 3.05) is 13.7 Å². The second kappa shape index (κ2) is 8.14. The molecule has 5 nitrogen and oxygen atoms in total. The molecule has 2 aromatic rings. The summed E-state index contributed by atoms with van der Waals surface area (Å²) in [6.45, 7) is 1.99. The first kappa shape index (κ1) is 17.5. The van der Waals surface area contributed by atoms with Crippen molar-refractivity contribution in [1.29, 1.82) is 5.26 Å². The fourth-order valence-electron chi connectivity index (χ4n) is 2.14. The fourth-order valence-corrected chi connectivity index (χ4v) is 2.14. The van der Waals surface area contributed by atoms with Crippen LogP contribution in [0.2, 0.25) is 0 Å². The molecule has 1 N–H and O–H groups in total. The Hall–Kier alpha value is -2.84. The number of aliphatic hydroxyl groups excluding tert-OH is 1. The maximum Gasteiger partial charge on any atom is 0.253 e. The van der Waals surface area contributed by atoms with E-state index in [9.17, 15) is 4.79 Å². The molecule has 0 bridgehead atoms. The van der Waals surface area contributed by atoms with Gasteiger partial charge in [-0.1, -0.05) is 18.2 Å². The topological polar surface area (TPSA) is 73.6 Å². The van der Waals surface area contributed by atoms with E-state index < -0.39 is 0 Å². The molecule has 1 amide bonds. The van der Waals surface area contributed by atoms with Gasteiger partial charge in [0.05, 0.1) is 24.3 Å². The highest BCUT2D eigenvalue weighted by atomic mass is 16.5. The average molecular weight is 324 g/mol. The Bertz CT molecular complexity index is 735. The number of amides is 1. The van der Waals surface area contributed by atoms with Gasteiger partial charge in [-0.15, -0.1) is 0 Å². The molecular weight excluding hydrogens is 304 g/mol. The second-order valence-corrected chi connectivity index (χ2v) is 5.53. The average Bonchev–Trinajstić information content (AvgIpc) is 2.65. The summed E-state index contributed by atoms with van der Waals surface area (Å²) in [5, 5.41) is 18.2. The van der Waals surface area contributed by atoms with Gasteiger partial charge in [-0.2, -0.15) is 5.26 Å². The Morgan fingerprint density at radius 1 is 1.25 bits per heavy atom. The summed E-state index contributed by atoms with van der Waals surface area (Å²) in [4.78, 5) is 13.8. The highest BCUT2D eigenvalue weighted by Crippen LogP contribution is 2.17. The highest BCUT2D eigenvalue weighted by molar-refractivity contribution is 5.94. The van der Waals surface area contributed by atoms with E-state index in [-0.39, 0.29) is 18.6 Å². The van der Waals surface area contributed by atoms with E-state index >= 15 is 0 Å². The summed E-state index contributed by atoms with van der Waals surface area (Å²) in [7, 11) is 1.66. The Morgan fingerprint density at radius 3 is 2.54 bits per heavy atom. The van der Waals surface area contributed by atoms with E-state index in [0.29, 0.717) is 23.5 Å². The van der Waals surface area contributed by atoms with Gasteiger partial charge < -0.3 is 14.7 Å². The standard InChI is InChI=1S/C19H20N2O3/c1-14(12-22)21(2)19(23)15-7-9-18(10-8-15)24-13-17-6-4-3-5-16(17)11-20/h3-10,14,22H,12-13H2,1-2H3. The van der Waals surface area contributed by atoms with Crippen LogP contribution in [-0.2, 0) is 6.61 Å². The molecule has 0 aliphatic carbocycles. The molecule has 0 heterocycles. The van der Waals surface area contributed by atoms with E-state index in [2.05, 4.69) is 6.07 Å². The van der Waals surface area contributed by atoms with Crippen molar-refractivity contribution in [3.8, 4) is 11.8 Å². The first-order valence-corrected chi connectivity index (χ1v) is 7.65. The van der Waals surface area contributed by atoms with Crippen molar-refractivity contribution in [3.63, 3.8) is 0 Å². The summed E-state index contributed by atoms with van der Waals surface area (Å²) in [5.74, 6) is 0.468. The number of nitriles is 1. The number of likely N-dealkylation sites (N-methyl/N-ethyl adjacent to an activating group) is 1. The zero-order valence-electron chi connectivity index (χ0n) is 13.8. The molecule has 1 atom stereocenters. The Morgan fingerprint density at radius 2 is 1.92 bits per heavy atom. The first-order chi connectivity index (χ1) is 11.6. The molecule has 0 saturated carbocycles. The minimum absolute atomic E-state index is 0.0816. The van der Waals surface area contributed by atoms with Crippen LogP contribution in [0.15, 0.2) is 48.5 Å². The lowest BCUT2D eigenvalue weighted by Crippen LogP contribution is -2.37. The van der Waals surface area contributed by atoms with Crippen LogP contribution in [-0.4, -0.2) is 35.6 Å². The van der Waals surface area contributed by atoms with Crippen LogP contribution in [0.25, 0.3) is 0 Å². The Labute approximate surface area is 141 Å². The van der Waals surface area contributed by atoms with Crippen LogP contribution in [0.3, 0.4) is 0 Å². The van der Waals surface area contributed by atoms with E-state index in [1.165, 1.54) is 4.90 Å². The third-order valence-electron chi connectivity index (χ3n) is 3.88. The molecule has 2 aromatic carbocycles. The SMILES string of the molecule is CC(CO)N(C)C(=O)c1ccc(OCc2ccccc2C#N)cc1. The number of carbonyl (C=O) groups excluding carboxylic acids is 1. The number of benzene rings is 2. The molecule has 0 aromatic heterocycles. The van der Waals surface area contributed by atoms with Crippen LogP contribution < -0.4 is 4.74 Å². The van der Waals surface area contributed by atoms with Crippen molar-refractivity contribution in [2.45, 2.75) is 19.6 Å². The van der Waals surface area contributed by atoms with Crippen molar-refractivity contribution < 1.29 is 14.6 Å². The van der Waals surface area contributed by atoms with Crippen LogP contribution in [0.5, 0.6) is 5.75 Å². The maximum absolute atomic E-state index is 12.3. The predicted molar refractivity (Wildman–Crippen MR) is 90.6 cm³/mol. The summed E-state index contributed by atoms with van der Waals surface area (Å²) in [5.41, 5.74) is 1.93. The highest BCUT2D eigenvalue weighted by Gasteiger charge is 2.16. The minimum atomic E-state index is -0.240. The van der Waals surface area contributed by atoms with Crippen LogP contribution in [0, 0.1) is 11.3 Å². The summed E-state index contributed by atoms with van der Waals surface area (Å²) < 4.78 is 5.68. The number of ether oxygens (including phenoxy) is 1. The molecule has 2 rings (SSSR count). The number of hydrogen-bond donors (Lipinski definition) is 1. The Balaban J connectivity index is 2.02. The molecule has 0 saturated heterocycles. The van der Waals surface area contributed by atoms with Crippen LogP contribution in [0.1, 0.15) is 28.4 Å². The van der Waals surface area contributed by atoms with E-state index in [1.807, 2.05) is 18.2 Å². The van der Waals surface area contributed by atoms with Gasteiger partial charge in [-0.05, 0) is 37.3 Å². The molecule has 1 unspecified atom stereocenters. The van der Waals surface area contributed by atoms with Gasteiger partial charge >= 0.3 is 0 Å². The van der Waals surface area contributed by atoms with Crippen molar-refractivity contribution in [3.05, 3.63) is 65.2 Å².